The van der Waals surface area contributed by atoms with Gasteiger partial charge in [0.2, 0.25) is 5.88 Å². The van der Waals surface area contributed by atoms with Crippen LogP contribution >= 0.6 is 11.6 Å². The molecule has 1 fully saturated rings. The van der Waals surface area contributed by atoms with Gasteiger partial charge in [-0.05, 0) is 17.7 Å². The molecule has 148 valence electrons. The summed E-state index contributed by atoms with van der Waals surface area (Å²) in [6.45, 7) is 1.34. The van der Waals surface area contributed by atoms with Crippen LogP contribution in [-0.2, 0) is 4.74 Å². The molecule has 2 aromatic carbocycles. The van der Waals surface area contributed by atoms with Crippen molar-refractivity contribution in [3.8, 4) is 17.0 Å². The molecule has 4 rings (SSSR count). The second kappa shape index (κ2) is 9.07. The Labute approximate surface area is 174 Å². The van der Waals surface area contributed by atoms with Crippen molar-refractivity contribution in [3.63, 3.8) is 0 Å². The molecule has 0 spiro atoms. The normalized spacial score (nSPS) is 14.4. The van der Waals surface area contributed by atoms with Crippen LogP contribution in [0, 0.1) is 0 Å². The predicted molar refractivity (Wildman–Crippen MR) is 114 cm³/mol. The third-order valence-electron chi connectivity index (χ3n) is 4.78. The number of hydrogen-bond acceptors (Lipinski definition) is 4. The maximum Gasteiger partial charge on any atom is 0.257 e. The van der Waals surface area contributed by atoms with Gasteiger partial charge in [0.15, 0.2) is 0 Å². The molecule has 1 amide bonds. The van der Waals surface area contributed by atoms with Gasteiger partial charge in [-0.1, -0.05) is 60.1 Å². The molecular weight excluding hydrogens is 388 g/mol. The Morgan fingerprint density at radius 3 is 2.55 bits per heavy atom. The predicted octanol–water partition coefficient (Wildman–Crippen LogP) is 5.21. The van der Waals surface area contributed by atoms with E-state index in [1.807, 2.05) is 54.6 Å². The first-order valence-electron chi connectivity index (χ1n) is 9.56. The number of carbonyl (C=O) groups excluding carboxylic acids is 1. The highest BCUT2D eigenvalue weighted by Crippen LogP contribution is 2.29. The molecule has 1 aliphatic rings. The van der Waals surface area contributed by atoms with Gasteiger partial charge in [-0.25, -0.2) is 4.98 Å². The van der Waals surface area contributed by atoms with Crippen LogP contribution in [0.15, 0.2) is 66.9 Å². The molecule has 1 N–H and O–H groups in total. The Balaban J connectivity index is 1.50. The average Bonchev–Trinajstić information content (AvgIpc) is 2.77. The van der Waals surface area contributed by atoms with Gasteiger partial charge < -0.3 is 14.8 Å². The summed E-state index contributed by atoms with van der Waals surface area (Å²) < 4.78 is 11.2. The molecule has 1 saturated heterocycles. The van der Waals surface area contributed by atoms with E-state index < -0.39 is 0 Å². The monoisotopic (exact) mass is 408 g/mol. The number of rotatable bonds is 5. The Kier molecular flexibility index (Phi) is 6.08. The molecule has 0 unspecified atom stereocenters. The lowest BCUT2D eigenvalue weighted by molar-refractivity contribution is 0.0238. The summed E-state index contributed by atoms with van der Waals surface area (Å²) in [5, 5.41) is 3.28. The molecule has 2 heterocycles. The number of pyridine rings is 1. The second-order valence-corrected chi connectivity index (χ2v) is 7.21. The smallest absolute Gasteiger partial charge is 0.257 e. The summed E-state index contributed by atoms with van der Waals surface area (Å²) in [7, 11) is 0. The largest absolute Gasteiger partial charge is 0.473 e. The van der Waals surface area contributed by atoms with Crippen molar-refractivity contribution in [1.82, 2.24) is 4.98 Å². The van der Waals surface area contributed by atoms with Crippen molar-refractivity contribution >= 4 is 23.2 Å². The quantitative estimate of drug-likeness (QED) is 0.629. The molecule has 29 heavy (non-hydrogen) atoms. The zero-order valence-electron chi connectivity index (χ0n) is 15.8. The molecule has 0 radical (unpaired) electrons. The summed E-state index contributed by atoms with van der Waals surface area (Å²) in [5.74, 6) is 0.0696. The van der Waals surface area contributed by atoms with Crippen molar-refractivity contribution in [1.29, 1.82) is 0 Å². The van der Waals surface area contributed by atoms with Crippen LogP contribution in [0.25, 0.3) is 11.1 Å². The van der Waals surface area contributed by atoms with Crippen molar-refractivity contribution in [2.75, 3.05) is 18.5 Å². The number of amides is 1. The molecule has 0 saturated carbocycles. The van der Waals surface area contributed by atoms with Crippen LogP contribution in [0.2, 0.25) is 5.02 Å². The third kappa shape index (κ3) is 4.75. The van der Waals surface area contributed by atoms with E-state index in [9.17, 15) is 4.79 Å². The van der Waals surface area contributed by atoms with E-state index in [2.05, 4.69) is 10.3 Å². The highest BCUT2D eigenvalue weighted by atomic mass is 35.5. The summed E-state index contributed by atoms with van der Waals surface area (Å²) in [5.41, 5.74) is 3.07. The minimum atomic E-state index is -0.277. The molecule has 0 atom stereocenters. The molecule has 1 aromatic heterocycles. The maximum absolute atomic E-state index is 12.8. The van der Waals surface area contributed by atoms with Crippen molar-refractivity contribution in [2.24, 2.45) is 0 Å². The van der Waals surface area contributed by atoms with Gasteiger partial charge in [0, 0.05) is 30.3 Å². The number of nitrogens with one attached hydrogen (secondary N) is 1. The van der Waals surface area contributed by atoms with Gasteiger partial charge in [-0.15, -0.1) is 0 Å². The van der Waals surface area contributed by atoms with Gasteiger partial charge >= 0.3 is 0 Å². The Bertz CT molecular complexity index is 988. The zero-order chi connectivity index (χ0) is 20.1. The van der Waals surface area contributed by atoms with Crippen LogP contribution in [0.3, 0.4) is 0 Å². The lowest BCUT2D eigenvalue weighted by Crippen LogP contribution is -2.26. The molecule has 5 nitrogen and oxygen atoms in total. The minimum Gasteiger partial charge on any atom is -0.473 e. The number of hydrogen-bond donors (Lipinski definition) is 1. The fraction of sp³-hybridized carbons (Fsp3) is 0.217. The van der Waals surface area contributed by atoms with Gasteiger partial charge in [0.25, 0.3) is 5.91 Å². The van der Waals surface area contributed by atoms with Crippen molar-refractivity contribution < 1.29 is 14.3 Å². The summed E-state index contributed by atoms with van der Waals surface area (Å²) in [6.07, 6.45) is 3.12. The molecular formula is C23H21ClN2O3. The van der Waals surface area contributed by atoms with E-state index >= 15 is 0 Å². The third-order valence-corrected chi connectivity index (χ3v) is 5.05. The number of para-hydroxylation sites is 1. The first kappa shape index (κ1) is 19.4. The van der Waals surface area contributed by atoms with E-state index in [0.717, 1.165) is 29.7 Å². The van der Waals surface area contributed by atoms with E-state index in [1.54, 1.807) is 6.07 Å². The summed E-state index contributed by atoms with van der Waals surface area (Å²) >= 11 is 6.32. The first-order chi connectivity index (χ1) is 14.2. The number of carbonyl (C=O) groups is 1. The number of ether oxygens (including phenoxy) is 2. The first-order valence-corrected chi connectivity index (χ1v) is 9.94. The lowest BCUT2D eigenvalue weighted by Gasteiger charge is -2.23. The van der Waals surface area contributed by atoms with E-state index in [1.165, 1.54) is 6.20 Å². The van der Waals surface area contributed by atoms with Crippen LogP contribution in [-0.4, -0.2) is 30.2 Å². The number of halogens is 1. The average molecular weight is 409 g/mol. The van der Waals surface area contributed by atoms with Crippen LogP contribution in [0.5, 0.6) is 5.88 Å². The van der Waals surface area contributed by atoms with E-state index in [0.29, 0.717) is 29.7 Å². The fourth-order valence-electron chi connectivity index (χ4n) is 3.24. The molecule has 1 aliphatic heterocycles. The number of benzene rings is 2. The Hall–Kier alpha value is -2.89. The Morgan fingerprint density at radius 1 is 1.07 bits per heavy atom. The number of anilines is 1. The topological polar surface area (TPSA) is 60.5 Å². The SMILES string of the molecule is O=C(Nc1ccccc1-c1ccccc1)c1cnc(OC2CCOCC2)c(Cl)c1. The van der Waals surface area contributed by atoms with Gasteiger partial charge in [0.1, 0.15) is 11.1 Å². The lowest BCUT2D eigenvalue weighted by atomic mass is 10.0. The number of aromatic nitrogens is 1. The molecule has 0 bridgehead atoms. The highest BCUT2D eigenvalue weighted by molar-refractivity contribution is 6.32. The molecule has 0 aliphatic carbocycles. The standard InChI is InChI=1S/C23H21ClN2O3/c24-20-14-17(15-25-23(20)29-18-10-12-28-13-11-18)22(27)26-21-9-5-4-8-19(21)16-6-2-1-3-7-16/h1-9,14-15,18H,10-13H2,(H,26,27). The van der Waals surface area contributed by atoms with Crippen molar-refractivity contribution in [2.45, 2.75) is 18.9 Å². The summed E-state index contributed by atoms with van der Waals surface area (Å²) in [6, 6.07) is 19.2. The van der Waals surface area contributed by atoms with Crippen LogP contribution < -0.4 is 10.1 Å². The van der Waals surface area contributed by atoms with E-state index in [4.69, 9.17) is 21.1 Å². The minimum absolute atomic E-state index is 0.0335. The van der Waals surface area contributed by atoms with Crippen molar-refractivity contribution in [3.05, 3.63) is 77.4 Å². The summed E-state index contributed by atoms with van der Waals surface area (Å²) in [4.78, 5) is 17.0. The van der Waals surface area contributed by atoms with Gasteiger partial charge in [-0.2, -0.15) is 0 Å². The zero-order valence-corrected chi connectivity index (χ0v) is 16.6. The molecule has 6 heteroatoms. The maximum atomic E-state index is 12.8. The Morgan fingerprint density at radius 2 is 1.79 bits per heavy atom. The molecule has 3 aromatic rings. The highest BCUT2D eigenvalue weighted by Gasteiger charge is 2.19. The van der Waals surface area contributed by atoms with Crippen LogP contribution in [0.1, 0.15) is 23.2 Å². The van der Waals surface area contributed by atoms with E-state index in [-0.39, 0.29) is 12.0 Å². The number of nitrogens with zero attached hydrogens (tertiary/aromatic N) is 1. The van der Waals surface area contributed by atoms with Gasteiger partial charge in [-0.3, -0.25) is 4.79 Å². The van der Waals surface area contributed by atoms with Crippen LogP contribution in [0.4, 0.5) is 5.69 Å². The fourth-order valence-corrected chi connectivity index (χ4v) is 3.45. The second-order valence-electron chi connectivity index (χ2n) is 6.81. The van der Waals surface area contributed by atoms with Gasteiger partial charge in [0.05, 0.1) is 18.8 Å².